The molecular formula is C57H76O6S4. The van der Waals surface area contributed by atoms with Gasteiger partial charge in [-0.05, 0) is 201 Å². The highest BCUT2D eigenvalue weighted by atomic mass is 32.2. The van der Waals surface area contributed by atoms with Gasteiger partial charge in [-0.15, -0.1) is 0 Å². The molecule has 0 N–H and O–H groups in total. The number of ether oxygens (including phenoxy) is 3. The van der Waals surface area contributed by atoms with Crippen LogP contribution in [0.3, 0.4) is 0 Å². The molecule has 0 saturated heterocycles. The molecule has 8 bridgehead atoms. The van der Waals surface area contributed by atoms with Crippen molar-refractivity contribution in [3.63, 3.8) is 0 Å². The molecular weight excluding hydrogens is 909 g/mol. The molecule has 12 rings (SSSR count). The van der Waals surface area contributed by atoms with Gasteiger partial charge in [0.2, 0.25) is 0 Å². The number of esters is 2. The number of thioether (sulfide) groups is 4. The Morgan fingerprint density at radius 2 is 1.12 bits per heavy atom. The van der Waals surface area contributed by atoms with E-state index < -0.39 is 0 Å². The fraction of sp³-hybridized carbons (Fsp3) is 0.737. The summed E-state index contributed by atoms with van der Waals surface area (Å²) < 4.78 is 16.2. The number of carbonyl (C=O) groups excluding carboxylic acids is 3. The quantitative estimate of drug-likeness (QED) is 0.0790. The van der Waals surface area contributed by atoms with Gasteiger partial charge in [0.15, 0.2) is 5.12 Å². The van der Waals surface area contributed by atoms with Crippen molar-refractivity contribution in [3.8, 4) is 11.5 Å². The Morgan fingerprint density at radius 1 is 0.612 bits per heavy atom. The fourth-order valence-electron chi connectivity index (χ4n) is 18.5. The first kappa shape index (κ1) is 47.6. The lowest BCUT2D eigenvalue weighted by molar-refractivity contribution is -0.146. The van der Waals surface area contributed by atoms with Crippen LogP contribution in [0.15, 0.2) is 48.5 Å². The molecule has 0 radical (unpaired) electrons. The average molecular weight is 985 g/mol. The van der Waals surface area contributed by atoms with Gasteiger partial charge in [0.1, 0.15) is 18.1 Å². The summed E-state index contributed by atoms with van der Waals surface area (Å²) in [5, 5.41) is 3.47. The van der Waals surface area contributed by atoms with Gasteiger partial charge in [-0.2, -0.15) is 35.3 Å². The number of hydrogen-bond acceptors (Lipinski definition) is 10. The molecule has 0 aromatic heterocycles. The molecule has 0 heterocycles. The largest absolute Gasteiger partial charge is 0.497 e. The SMILES string of the molecule is COc1ccc(C(C)(C)c2ccc(OC(C)=O)cc2)cc1.CSC1CC2CC1C1C3CC(C4CC(SCC(C)C(=O)OCCSC5CC6CC5C5C7CC(C8CC(SC(C)=O)CC87)C65)CC43)C21. The highest BCUT2D eigenvalue weighted by Gasteiger charge is 2.70. The van der Waals surface area contributed by atoms with E-state index in [0.29, 0.717) is 22.7 Å². The lowest BCUT2D eigenvalue weighted by atomic mass is 9.64. The maximum absolute atomic E-state index is 13.0. The van der Waals surface area contributed by atoms with Crippen LogP contribution in [0.25, 0.3) is 0 Å². The van der Waals surface area contributed by atoms with E-state index >= 15 is 0 Å². The first-order valence-corrected chi connectivity index (χ1v) is 30.6. The topological polar surface area (TPSA) is 78.9 Å². The zero-order chi connectivity index (χ0) is 46.5. The zero-order valence-electron chi connectivity index (χ0n) is 41.0. The predicted octanol–water partition coefficient (Wildman–Crippen LogP) is 12.6. The van der Waals surface area contributed by atoms with Crippen molar-refractivity contribution in [1.82, 2.24) is 0 Å². The Balaban J connectivity index is 0.000000199. The van der Waals surface area contributed by atoms with Crippen molar-refractivity contribution < 1.29 is 28.6 Å². The lowest BCUT2D eigenvalue weighted by Gasteiger charge is -2.43. The summed E-state index contributed by atoms with van der Waals surface area (Å²) >= 11 is 8.09. The molecule has 0 aliphatic heterocycles. The van der Waals surface area contributed by atoms with Crippen molar-refractivity contribution in [2.24, 2.45) is 101 Å². The molecule has 10 saturated carbocycles. The van der Waals surface area contributed by atoms with Crippen LogP contribution in [0.4, 0.5) is 0 Å². The van der Waals surface area contributed by atoms with Crippen molar-refractivity contribution in [1.29, 1.82) is 0 Å². The van der Waals surface area contributed by atoms with E-state index in [1.165, 1.54) is 63.9 Å². The second-order valence-corrected chi connectivity index (χ2v) is 29.0. The summed E-state index contributed by atoms with van der Waals surface area (Å²) in [5.41, 5.74) is 2.22. The monoisotopic (exact) mass is 984 g/mol. The minimum atomic E-state index is -0.308. The normalized spacial score (nSPS) is 42.2. The number of methoxy groups -OCH3 is 1. The smallest absolute Gasteiger partial charge is 0.309 e. The molecule has 10 fully saturated rings. The van der Waals surface area contributed by atoms with Crippen molar-refractivity contribution in [2.75, 3.05) is 31.5 Å². The van der Waals surface area contributed by atoms with Crippen LogP contribution in [-0.4, -0.2) is 69.5 Å². The summed E-state index contributed by atoms with van der Waals surface area (Å²) in [4.78, 5) is 35.7. The van der Waals surface area contributed by atoms with E-state index in [4.69, 9.17) is 14.2 Å². The van der Waals surface area contributed by atoms with E-state index in [9.17, 15) is 14.4 Å². The maximum Gasteiger partial charge on any atom is 0.309 e. The van der Waals surface area contributed by atoms with Gasteiger partial charge in [0.05, 0.1) is 13.0 Å². The van der Waals surface area contributed by atoms with Crippen molar-refractivity contribution >= 4 is 64.1 Å². The molecule has 0 spiro atoms. The number of rotatable bonds is 14. The van der Waals surface area contributed by atoms with Gasteiger partial charge < -0.3 is 14.2 Å². The maximum atomic E-state index is 13.0. The molecule has 10 aliphatic carbocycles. The molecule has 10 aliphatic rings. The summed E-state index contributed by atoms with van der Waals surface area (Å²) in [6, 6.07) is 15.7. The molecule has 0 amide bonds. The van der Waals surface area contributed by atoms with Gasteiger partial charge in [0, 0.05) is 51.8 Å². The number of hydrogen-bond donors (Lipinski definition) is 0. The molecule has 21 atom stereocenters. The Morgan fingerprint density at radius 3 is 1.64 bits per heavy atom. The van der Waals surface area contributed by atoms with Crippen LogP contribution in [0.1, 0.15) is 110 Å². The van der Waals surface area contributed by atoms with Crippen LogP contribution >= 0.6 is 47.0 Å². The van der Waals surface area contributed by atoms with Crippen LogP contribution in [-0.2, 0) is 24.5 Å². The van der Waals surface area contributed by atoms with E-state index in [2.05, 4.69) is 74.4 Å². The molecule has 67 heavy (non-hydrogen) atoms. The highest BCUT2D eigenvalue weighted by Crippen LogP contribution is 2.75. The van der Waals surface area contributed by atoms with Gasteiger partial charge >= 0.3 is 11.9 Å². The van der Waals surface area contributed by atoms with Gasteiger partial charge in [-0.3, -0.25) is 14.4 Å². The Hall–Kier alpha value is -1.75. The fourth-order valence-corrected chi connectivity index (χ4v) is 23.5. The van der Waals surface area contributed by atoms with Crippen LogP contribution in [0.5, 0.6) is 11.5 Å². The Kier molecular flexibility index (Phi) is 13.5. The van der Waals surface area contributed by atoms with Gasteiger partial charge in [0.25, 0.3) is 0 Å². The summed E-state index contributed by atoms with van der Waals surface area (Å²) in [6.45, 7) is 10.2. The molecule has 2 aromatic rings. The number of benzene rings is 2. The summed E-state index contributed by atoms with van der Waals surface area (Å²) in [7, 11) is 1.66. The second kappa shape index (κ2) is 19.0. The third-order valence-electron chi connectivity index (χ3n) is 20.6. The summed E-state index contributed by atoms with van der Waals surface area (Å²) in [6.07, 6.45) is 16.9. The second-order valence-electron chi connectivity index (χ2n) is 23.7. The molecule has 10 heteroatoms. The van der Waals surface area contributed by atoms with Crippen molar-refractivity contribution in [2.45, 2.75) is 125 Å². The minimum absolute atomic E-state index is 0.0198. The van der Waals surface area contributed by atoms with Crippen molar-refractivity contribution in [3.05, 3.63) is 59.7 Å². The van der Waals surface area contributed by atoms with E-state index in [-0.39, 0.29) is 23.3 Å². The number of fused-ring (bicyclic) bond motifs is 24. The third-order valence-corrected chi connectivity index (χ3v) is 25.7. The van der Waals surface area contributed by atoms with Crippen LogP contribution in [0.2, 0.25) is 0 Å². The van der Waals surface area contributed by atoms with E-state index in [0.717, 1.165) is 133 Å². The zero-order valence-corrected chi connectivity index (χ0v) is 44.3. The third kappa shape index (κ3) is 8.59. The van der Waals surface area contributed by atoms with E-state index in [1.54, 1.807) is 38.6 Å². The standard InChI is InChI=1S/C39H56O3S4.C18H20O3/c1-17(16-45-21-10-23-24(11-21)29-14-27(23)35-19-6-31(37(29)35)33(8-19)43-3)39(41)42-4-5-44-34-9-20-7-32(34)38-30-15-28(36(20)38)25-12-22(13-26(25)30)46-18(2)40;1-13(19)21-17-11-7-15(8-12-17)18(2,3)14-5-9-16(20-4)10-6-14/h17,19-38H,4-16H2,1-3H3;5-12H,1-4H3. The highest BCUT2D eigenvalue weighted by molar-refractivity contribution is 8.14. The van der Waals surface area contributed by atoms with Gasteiger partial charge in [-0.25, -0.2) is 0 Å². The first-order valence-electron chi connectivity index (χ1n) is 26.3. The minimum Gasteiger partial charge on any atom is -0.497 e. The Labute approximate surface area is 418 Å². The predicted molar refractivity (Wildman–Crippen MR) is 277 cm³/mol. The van der Waals surface area contributed by atoms with Crippen LogP contribution < -0.4 is 9.47 Å². The molecule has 2 aromatic carbocycles. The lowest BCUT2D eigenvalue weighted by Crippen LogP contribution is -2.39. The number of carbonyl (C=O) groups is 3. The van der Waals surface area contributed by atoms with Gasteiger partial charge in [-0.1, -0.05) is 56.8 Å². The van der Waals surface area contributed by atoms with Crippen LogP contribution in [0, 0.1) is 101 Å². The first-order chi connectivity index (χ1) is 32.3. The summed E-state index contributed by atoms with van der Waals surface area (Å²) in [5.74, 6) is 19.1. The molecule has 6 nitrogen and oxygen atoms in total. The average Bonchev–Trinajstić information content (AvgIpc) is 4.17. The molecule has 364 valence electrons. The molecule has 21 unspecified atom stereocenters. The van der Waals surface area contributed by atoms with E-state index in [1.807, 2.05) is 36.4 Å². The Bertz CT molecular complexity index is 2150.